The normalized spacial score (nSPS) is 16.6. The highest BCUT2D eigenvalue weighted by Crippen LogP contribution is 2.33. The summed E-state index contributed by atoms with van der Waals surface area (Å²) in [7, 11) is 0. The second kappa shape index (κ2) is 8.12. The number of carbonyl (C=O) groups is 1. The lowest BCUT2D eigenvalue weighted by molar-refractivity contribution is 0.0704. The lowest BCUT2D eigenvalue weighted by Gasteiger charge is -2.32. The van der Waals surface area contributed by atoms with Crippen molar-refractivity contribution in [2.45, 2.75) is 18.8 Å². The van der Waals surface area contributed by atoms with Gasteiger partial charge >= 0.3 is 0 Å². The molecular weight excluding hydrogens is 359 g/mol. The third kappa shape index (κ3) is 3.98. The van der Waals surface area contributed by atoms with E-state index >= 15 is 0 Å². The number of likely N-dealkylation sites (tertiary alicyclic amines) is 1. The van der Waals surface area contributed by atoms with Gasteiger partial charge in [-0.25, -0.2) is 9.37 Å². The standard InChI is InChI=1S/C21H19FN4O2/c22-17-5-7-18(8-6-17)28-20-19(24-10-11-25-20)16-4-2-12-26(14-16)21(27)15-3-1-9-23-13-15/h1,3,5-11,13,16H,2,4,12,14H2. The first-order chi connectivity index (χ1) is 13.7. The molecular formula is C21H19FN4O2. The zero-order chi connectivity index (χ0) is 19.3. The highest BCUT2D eigenvalue weighted by atomic mass is 19.1. The van der Waals surface area contributed by atoms with Crippen molar-refractivity contribution in [3.05, 3.63) is 78.3 Å². The van der Waals surface area contributed by atoms with Gasteiger partial charge in [0.05, 0.1) is 5.56 Å². The molecule has 3 heterocycles. The summed E-state index contributed by atoms with van der Waals surface area (Å²) in [5, 5.41) is 0. The monoisotopic (exact) mass is 378 g/mol. The zero-order valence-corrected chi connectivity index (χ0v) is 15.2. The van der Waals surface area contributed by atoms with Crippen LogP contribution in [-0.2, 0) is 0 Å². The van der Waals surface area contributed by atoms with Gasteiger partial charge in [-0.2, -0.15) is 0 Å². The van der Waals surface area contributed by atoms with Gasteiger partial charge in [-0.05, 0) is 49.2 Å². The molecule has 7 heteroatoms. The lowest BCUT2D eigenvalue weighted by atomic mass is 9.94. The predicted molar refractivity (Wildman–Crippen MR) is 101 cm³/mol. The average molecular weight is 378 g/mol. The number of benzene rings is 1. The molecule has 1 fully saturated rings. The number of piperidine rings is 1. The summed E-state index contributed by atoms with van der Waals surface area (Å²) < 4.78 is 19.0. The van der Waals surface area contributed by atoms with Crippen molar-refractivity contribution < 1.29 is 13.9 Å². The Hall–Kier alpha value is -3.35. The van der Waals surface area contributed by atoms with Crippen molar-refractivity contribution >= 4 is 5.91 Å². The Bertz CT molecular complexity index is 950. The van der Waals surface area contributed by atoms with Gasteiger partial charge in [-0.15, -0.1) is 0 Å². The van der Waals surface area contributed by atoms with Crippen molar-refractivity contribution in [1.29, 1.82) is 0 Å². The molecule has 1 aromatic carbocycles. The van der Waals surface area contributed by atoms with Crippen LogP contribution < -0.4 is 4.74 Å². The van der Waals surface area contributed by atoms with E-state index in [1.807, 2.05) is 4.90 Å². The van der Waals surface area contributed by atoms with Crippen LogP contribution in [0.15, 0.2) is 61.2 Å². The summed E-state index contributed by atoms with van der Waals surface area (Å²) in [4.78, 5) is 27.4. The second-order valence-electron chi connectivity index (χ2n) is 6.63. The molecule has 28 heavy (non-hydrogen) atoms. The summed E-state index contributed by atoms with van der Waals surface area (Å²) in [5.74, 6) is 0.516. The lowest BCUT2D eigenvalue weighted by Crippen LogP contribution is -2.39. The summed E-state index contributed by atoms with van der Waals surface area (Å²) in [6, 6.07) is 9.29. The number of ether oxygens (including phenoxy) is 1. The van der Waals surface area contributed by atoms with E-state index < -0.39 is 0 Å². The number of hydrogen-bond acceptors (Lipinski definition) is 5. The Morgan fingerprint density at radius 3 is 2.71 bits per heavy atom. The van der Waals surface area contributed by atoms with Crippen molar-refractivity contribution in [3.63, 3.8) is 0 Å². The number of amides is 1. The van der Waals surface area contributed by atoms with Crippen LogP contribution in [0.2, 0.25) is 0 Å². The van der Waals surface area contributed by atoms with Gasteiger partial charge in [0, 0.05) is 43.8 Å². The minimum absolute atomic E-state index is 0.0125. The molecule has 1 aliphatic heterocycles. The Morgan fingerprint density at radius 1 is 1.11 bits per heavy atom. The van der Waals surface area contributed by atoms with Crippen LogP contribution in [0.5, 0.6) is 11.6 Å². The van der Waals surface area contributed by atoms with Crippen molar-refractivity contribution in [1.82, 2.24) is 19.9 Å². The minimum Gasteiger partial charge on any atom is -0.437 e. The molecule has 4 rings (SSSR count). The number of carbonyl (C=O) groups excluding carboxylic acids is 1. The summed E-state index contributed by atoms with van der Waals surface area (Å²) in [5.41, 5.74) is 1.28. The zero-order valence-electron chi connectivity index (χ0n) is 15.2. The van der Waals surface area contributed by atoms with E-state index in [-0.39, 0.29) is 17.6 Å². The number of hydrogen-bond donors (Lipinski definition) is 0. The fourth-order valence-corrected chi connectivity index (χ4v) is 3.37. The molecule has 6 nitrogen and oxygen atoms in total. The summed E-state index contributed by atoms with van der Waals surface area (Å²) in [6.45, 7) is 1.23. The maximum Gasteiger partial charge on any atom is 0.255 e. The molecule has 0 bridgehead atoms. The van der Waals surface area contributed by atoms with Gasteiger partial charge in [0.2, 0.25) is 5.88 Å². The molecule has 142 valence electrons. The fraction of sp³-hybridized carbons (Fsp3) is 0.238. The Morgan fingerprint density at radius 2 is 1.93 bits per heavy atom. The van der Waals surface area contributed by atoms with Gasteiger partial charge < -0.3 is 9.64 Å². The number of nitrogens with zero attached hydrogens (tertiary/aromatic N) is 4. The maximum atomic E-state index is 13.1. The molecule has 1 aliphatic rings. The largest absolute Gasteiger partial charge is 0.437 e. The number of halogens is 1. The Kier molecular flexibility index (Phi) is 5.23. The third-order valence-corrected chi connectivity index (χ3v) is 4.72. The molecule has 1 unspecified atom stereocenters. The Labute approximate surface area is 162 Å². The molecule has 3 aromatic rings. The number of aromatic nitrogens is 3. The first kappa shape index (κ1) is 18.0. The first-order valence-electron chi connectivity index (χ1n) is 9.14. The molecule has 2 aromatic heterocycles. The van der Waals surface area contributed by atoms with Crippen molar-refractivity contribution in [2.24, 2.45) is 0 Å². The summed E-state index contributed by atoms with van der Waals surface area (Å²) in [6.07, 6.45) is 8.16. The maximum absolute atomic E-state index is 13.1. The molecule has 1 saturated heterocycles. The topological polar surface area (TPSA) is 68.2 Å². The van der Waals surface area contributed by atoms with Gasteiger partial charge in [0.15, 0.2) is 0 Å². The van der Waals surface area contributed by atoms with E-state index in [4.69, 9.17) is 4.74 Å². The fourth-order valence-electron chi connectivity index (χ4n) is 3.37. The van der Waals surface area contributed by atoms with Crippen LogP contribution in [0.4, 0.5) is 4.39 Å². The van der Waals surface area contributed by atoms with Crippen LogP contribution in [0.25, 0.3) is 0 Å². The van der Waals surface area contributed by atoms with Gasteiger partial charge in [0.25, 0.3) is 5.91 Å². The molecule has 1 atom stereocenters. The quantitative estimate of drug-likeness (QED) is 0.690. The van der Waals surface area contributed by atoms with Crippen LogP contribution in [0.3, 0.4) is 0 Å². The molecule has 0 radical (unpaired) electrons. The molecule has 0 N–H and O–H groups in total. The van der Waals surface area contributed by atoms with Crippen LogP contribution >= 0.6 is 0 Å². The van der Waals surface area contributed by atoms with E-state index in [1.165, 1.54) is 12.1 Å². The first-order valence-corrected chi connectivity index (χ1v) is 9.14. The van der Waals surface area contributed by atoms with Crippen LogP contribution in [-0.4, -0.2) is 38.8 Å². The van der Waals surface area contributed by atoms with E-state index in [1.54, 1.807) is 49.1 Å². The van der Waals surface area contributed by atoms with E-state index in [2.05, 4.69) is 15.0 Å². The highest BCUT2D eigenvalue weighted by Gasteiger charge is 2.29. The number of pyridine rings is 1. The van der Waals surface area contributed by atoms with E-state index in [9.17, 15) is 9.18 Å². The Balaban J connectivity index is 1.54. The average Bonchev–Trinajstić information content (AvgIpc) is 2.76. The van der Waals surface area contributed by atoms with Gasteiger partial charge in [-0.3, -0.25) is 14.8 Å². The summed E-state index contributed by atoms with van der Waals surface area (Å²) >= 11 is 0. The smallest absolute Gasteiger partial charge is 0.255 e. The van der Waals surface area contributed by atoms with Gasteiger partial charge in [0.1, 0.15) is 17.3 Å². The third-order valence-electron chi connectivity index (χ3n) is 4.72. The molecule has 1 amide bonds. The molecule has 0 aliphatic carbocycles. The van der Waals surface area contributed by atoms with Crippen LogP contribution in [0.1, 0.15) is 34.8 Å². The highest BCUT2D eigenvalue weighted by molar-refractivity contribution is 5.94. The molecule has 0 saturated carbocycles. The SMILES string of the molecule is O=C(c1cccnc1)N1CCCC(c2nccnc2Oc2ccc(F)cc2)C1. The number of rotatable bonds is 4. The minimum atomic E-state index is -0.330. The predicted octanol–water partition coefficient (Wildman–Crippen LogP) is 3.82. The second-order valence-corrected chi connectivity index (χ2v) is 6.63. The van der Waals surface area contributed by atoms with E-state index in [0.29, 0.717) is 36.0 Å². The van der Waals surface area contributed by atoms with Gasteiger partial charge in [-0.1, -0.05) is 0 Å². The van der Waals surface area contributed by atoms with E-state index in [0.717, 1.165) is 12.8 Å². The van der Waals surface area contributed by atoms with Crippen molar-refractivity contribution in [3.8, 4) is 11.6 Å². The van der Waals surface area contributed by atoms with Crippen LogP contribution in [0, 0.1) is 5.82 Å². The van der Waals surface area contributed by atoms with Crippen molar-refractivity contribution in [2.75, 3.05) is 13.1 Å². The molecule has 0 spiro atoms.